The van der Waals surface area contributed by atoms with E-state index in [1.807, 2.05) is 47.4 Å². The predicted octanol–water partition coefficient (Wildman–Crippen LogP) is 4.53. The van der Waals surface area contributed by atoms with Gasteiger partial charge in [-0.25, -0.2) is 0 Å². The molecule has 0 atom stereocenters. The zero-order valence-electron chi connectivity index (χ0n) is 19.8. The Kier molecular flexibility index (Phi) is 7.05. The highest BCUT2D eigenvalue weighted by atomic mass is 16.2. The predicted molar refractivity (Wildman–Crippen MR) is 139 cm³/mol. The quantitative estimate of drug-likeness (QED) is 0.522. The van der Waals surface area contributed by atoms with Crippen LogP contribution in [0.1, 0.15) is 45.9 Å². The minimum absolute atomic E-state index is 0.0242. The van der Waals surface area contributed by atoms with Crippen LogP contribution in [0.15, 0.2) is 91.0 Å². The molecule has 0 bridgehead atoms. The Labute approximate surface area is 207 Å². The first-order valence-electron chi connectivity index (χ1n) is 12.4. The number of benzene rings is 3. The second-order valence-electron chi connectivity index (χ2n) is 9.29. The summed E-state index contributed by atoms with van der Waals surface area (Å²) in [5, 5.41) is 2.99. The van der Waals surface area contributed by atoms with Crippen molar-refractivity contribution in [3.63, 3.8) is 0 Å². The molecule has 0 aromatic heterocycles. The monoisotopic (exact) mass is 465 g/mol. The van der Waals surface area contributed by atoms with E-state index in [4.69, 9.17) is 0 Å². The molecule has 2 aliphatic rings. The van der Waals surface area contributed by atoms with Crippen LogP contribution >= 0.6 is 0 Å². The van der Waals surface area contributed by atoms with Gasteiger partial charge in [-0.3, -0.25) is 14.5 Å². The summed E-state index contributed by atoms with van der Waals surface area (Å²) in [6.45, 7) is 3.02. The third-order valence-corrected chi connectivity index (χ3v) is 6.73. The van der Waals surface area contributed by atoms with Crippen molar-refractivity contribution in [2.45, 2.75) is 24.9 Å². The van der Waals surface area contributed by atoms with E-state index >= 15 is 0 Å². The van der Waals surface area contributed by atoms with Crippen LogP contribution in [0.5, 0.6) is 0 Å². The van der Waals surface area contributed by atoms with Crippen molar-refractivity contribution in [2.75, 3.05) is 26.2 Å². The van der Waals surface area contributed by atoms with Crippen LogP contribution in [0.2, 0.25) is 0 Å². The lowest BCUT2D eigenvalue weighted by molar-refractivity contribution is -0.127. The molecule has 0 spiro atoms. The molecule has 1 aliphatic carbocycles. The molecular formula is C30H31N3O2. The maximum atomic E-state index is 12.8. The number of amides is 2. The van der Waals surface area contributed by atoms with E-state index < -0.39 is 0 Å². The van der Waals surface area contributed by atoms with Gasteiger partial charge in [0.05, 0.1) is 6.04 Å². The second kappa shape index (κ2) is 10.7. The van der Waals surface area contributed by atoms with Crippen LogP contribution in [0, 0.1) is 0 Å². The highest BCUT2D eigenvalue weighted by Gasteiger charge is 2.27. The van der Waals surface area contributed by atoms with E-state index in [9.17, 15) is 9.59 Å². The molecule has 2 fully saturated rings. The number of carbonyl (C=O) groups excluding carboxylic acids is 2. The SMILES string of the molecule is O=C(NC1CC1)c1ccc(/C=C/C(=O)N2CCN(C(c3ccccc3)c3ccccc3)CC2)cc1. The topological polar surface area (TPSA) is 52.7 Å². The number of nitrogens with one attached hydrogen (secondary N) is 1. The largest absolute Gasteiger partial charge is 0.349 e. The van der Waals surface area contributed by atoms with Crippen LogP contribution in [0.3, 0.4) is 0 Å². The fourth-order valence-electron chi connectivity index (χ4n) is 4.60. The van der Waals surface area contributed by atoms with E-state index in [1.165, 1.54) is 11.1 Å². The summed E-state index contributed by atoms with van der Waals surface area (Å²) in [5.74, 6) is -0.00235. The molecule has 0 unspecified atom stereocenters. The van der Waals surface area contributed by atoms with E-state index in [0.717, 1.165) is 31.5 Å². The second-order valence-corrected chi connectivity index (χ2v) is 9.29. The fraction of sp³-hybridized carbons (Fsp3) is 0.267. The van der Waals surface area contributed by atoms with Gasteiger partial charge in [0.1, 0.15) is 0 Å². The maximum Gasteiger partial charge on any atom is 0.251 e. The molecule has 5 nitrogen and oxygen atoms in total. The van der Waals surface area contributed by atoms with E-state index in [0.29, 0.717) is 24.7 Å². The van der Waals surface area contributed by atoms with Gasteiger partial charge in [-0.05, 0) is 47.7 Å². The van der Waals surface area contributed by atoms with Crippen molar-refractivity contribution < 1.29 is 9.59 Å². The first-order valence-corrected chi connectivity index (χ1v) is 12.4. The first-order chi connectivity index (χ1) is 17.2. The highest BCUT2D eigenvalue weighted by molar-refractivity contribution is 5.95. The van der Waals surface area contributed by atoms with Crippen molar-refractivity contribution in [1.29, 1.82) is 0 Å². The van der Waals surface area contributed by atoms with Gasteiger partial charge < -0.3 is 10.2 Å². The van der Waals surface area contributed by atoms with Crippen LogP contribution < -0.4 is 5.32 Å². The molecule has 0 radical (unpaired) electrons. The number of carbonyl (C=O) groups is 2. The van der Waals surface area contributed by atoms with Crippen molar-refractivity contribution >= 4 is 17.9 Å². The molecule has 1 saturated carbocycles. The fourth-order valence-corrected chi connectivity index (χ4v) is 4.60. The standard InChI is InChI=1S/C30H31N3O2/c34-28(18-13-23-11-14-26(15-12-23)30(35)31-27-16-17-27)32-19-21-33(22-20-32)29(24-7-3-1-4-8-24)25-9-5-2-6-10-25/h1-15,18,27,29H,16-17,19-22H2,(H,31,35)/b18-13+. The molecule has 1 saturated heterocycles. The molecule has 1 heterocycles. The van der Waals surface area contributed by atoms with Gasteiger partial charge in [-0.2, -0.15) is 0 Å². The molecule has 1 aliphatic heterocycles. The van der Waals surface area contributed by atoms with E-state index in [1.54, 1.807) is 6.08 Å². The molecule has 1 N–H and O–H groups in total. The third kappa shape index (κ3) is 5.87. The summed E-state index contributed by atoms with van der Waals surface area (Å²) in [6.07, 6.45) is 5.61. The number of piperazine rings is 1. The summed E-state index contributed by atoms with van der Waals surface area (Å²) in [5.41, 5.74) is 4.11. The Morgan fingerprint density at radius 1 is 0.771 bits per heavy atom. The summed E-state index contributed by atoms with van der Waals surface area (Å²) in [6, 6.07) is 29.1. The Bertz CT molecular complexity index is 1120. The van der Waals surface area contributed by atoms with Gasteiger partial charge in [0.2, 0.25) is 5.91 Å². The molecule has 2 amide bonds. The highest BCUT2D eigenvalue weighted by Crippen LogP contribution is 2.29. The smallest absolute Gasteiger partial charge is 0.251 e. The van der Waals surface area contributed by atoms with Crippen LogP contribution in [0.4, 0.5) is 0 Å². The Morgan fingerprint density at radius 2 is 1.34 bits per heavy atom. The first kappa shape index (κ1) is 23.1. The maximum absolute atomic E-state index is 12.8. The average molecular weight is 466 g/mol. The Balaban J connectivity index is 1.19. The van der Waals surface area contributed by atoms with Crippen molar-refractivity contribution in [1.82, 2.24) is 15.1 Å². The van der Waals surface area contributed by atoms with Gasteiger partial charge in [0.25, 0.3) is 5.91 Å². The Morgan fingerprint density at radius 3 is 1.89 bits per heavy atom. The van der Waals surface area contributed by atoms with Crippen molar-refractivity contribution in [3.05, 3.63) is 113 Å². The molecule has 35 heavy (non-hydrogen) atoms. The molecule has 5 rings (SSSR count). The van der Waals surface area contributed by atoms with Crippen LogP contribution in [-0.2, 0) is 4.79 Å². The molecule has 5 heteroatoms. The Hall–Kier alpha value is -3.70. The van der Waals surface area contributed by atoms with Crippen molar-refractivity contribution in [3.8, 4) is 0 Å². The minimum atomic E-state index is -0.0266. The van der Waals surface area contributed by atoms with Gasteiger partial charge in [0.15, 0.2) is 0 Å². The lowest BCUT2D eigenvalue weighted by atomic mass is 9.96. The average Bonchev–Trinajstić information content (AvgIpc) is 3.73. The zero-order valence-corrected chi connectivity index (χ0v) is 19.8. The molecular weight excluding hydrogens is 434 g/mol. The molecule has 3 aromatic rings. The summed E-state index contributed by atoms with van der Waals surface area (Å²) < 4.78 is 0. The number of hydrogen-bond acceptors (Lipinski definition) is 3. The van der Waals surface area contributed by atoms with Gasteiger partial charge in [-0.15, -0.1) is 0 Å². The van der Waals surface area contributed by atoms with Gasteiger partial charge >= 0.3 is 0 Å². The lowest BCUT2D eigenvalue weighted by Crippen LogP contribution is -2.49. The lowest BCUT2D eigenvalue weighted by Gasteiger charge is -2.39. The summed E-state index contributed by atoms with van der Waals surface area (Å²) >= 11 is 0. The molecule has 178 valence electrons. The van der Waals surface area contributed by atoms with Crippen LogP contribution in [0.25, 0.3) is 6.08 Å². The van der Waals surface area contributed by atoms with Crippen LogP contribution in [-0.4, -0.2) is 53.8 Å². The zero-order chi connectivity index (χ0) is 24.0. The minimum Gasteiger partial charge on any atom is -0.349 e. The number of hydrogen-bond donors (Lipinski definition) is 1. The van der Waals surface area contributed by atoms with Gasteiger partial charge in [0, 0.05) is 43.9 Å². The normalized spacial score (nSPS) is 16.5. The number of nitrogens with zero attached hydrogens (tertiary/aromatic N) is 2. The van der Waals surface area contributed by atoms with E-state index in [2.05, 4.69) is 58.7 Å². The van der Waals surface area contributed by atoms with E-state index in [-0.39, 0.29) is 17.9 Å². The summed E-state index contributed by atoms with van der Waals surface area (Å²) in [4.78, 5) is 29.4. The molecule has 3 aromatic carbocycles. The van der Waals surface area contributed by atoms with Crippen molar-refractivity contribution in [2.24, 2.45) is 0 Å². The third-order valence-electron chi connectivity index (χ3n) is 6.73. The van der Waals surface area contributed by atoms with Gasteiger partial charge in [-0.1, -0.05) is 72.8 Å². The number of rotatable bonds is 7. The summed E-state index contributed by atoms with van der Waals surface area (Å²) in [7, 11) is 0.